The number of methoxy groups -OCH3 is 1. The summed E-state index contributed by atoms with van der Waals surface area (Å²) >= 11 is 3.49. The lowest BCUT2D eigenvalue weighted by molar-refractivity contribution is 0.412. The van der Waals surface area contributed by atoms with Crippen LogP contribution >= 0.6 is 15.9 Å². The molecule has 0 saturated heterocycles. The standard InChI is InChI=1S/C13H20BrNO/c1-4-6-10(5-2)15-11-7-8-13(16-3)12(14)9-11/h7-10,15H,4-6H2,1-3H3. The third kappa shape index (κ3) is 3.71. The smallest absolute Gasteiger partial charge is 0.133 e. The molecule has 1 rings (SSSR count). The molecule has 0 saturated carbocycles. The molecule has 2 nitrogen and oxygen atoms in total. The fraction of sp³-hybridized carbons (Fsp3) is 0.538. The van der Waals surface area contributed by atoms with Crippen molar-refractivity contribution in [3.8, 4) is 5.75 Å². The molecule has 3 heteroatoms. The molecule has 1 unspecified atom stereocenters. The number of nitrogens with one attached hydrogen (secondary N) is 1. The van der Waals surface area contributed by atoms with Crippen molar-refractivity contribution >= 4 is 21.6 Å². The summed E-state index contributed by atoms with van der Waals surface area (Å²) < 4.78 is 6.20. The molecule has 1 N–H and O–H groups in total. The SMILES string of the molecule is CCCC(CC)Nc1ccc(OC)c(Br)c1. The van der Waals surface area contributed by atoms with Crippen molar-refractivity contribution in [2.75, 3.05) is 12.4 Å². The van der Waals surface area contributed by atoms with Crippen LogP contribution in [0.5, 0.6) is 5.75 Å². The van der Waals surface area contributed by atoms with E-state index in [1.807, 2.05) is 6.07 Å². The van der Waals surface area contributed by atoms with Gasteiger partial charge in [0, 0.05) is 11.7 Å². The first-order valence-electron chi connectivity index (χ1n) is 5.81. The fourth-order valence-corrected chi connectivity index (χ4v) is 2.26. The van der Waals surface area contributed by atoms with E-state index in [-0.39, 0.29) is 0 Å². The third-order valence-electron chi connectivity index (χ3n) is 2.65. The normalized spacial score (nSPS) is 12.2. The first kappa shape index (κ1) is 13.4. The van der Waals surface area contributed by atoms with Gasteiger partial charge in [0.25, 0.3) is 0 Å². The van der Waals surface area contributed by atoms with E-state index in [1.54, 1.807) is 7.11 Å². The van der Waals surface area contributed by atoms with Gasteiger partial charge in [-0.2, -0.15) is 0 Å². The van der Waals surface area contributed by atoms with Gasteiger partial charge in [-0.15, -0.1) is 0 Å². The van der Waals surface area contributed by atoms with Crippen molar-refractivity contribution < 1.29 is 4.74 Å². The van der Waals surface area contributed by atoms with Crippen molar-refractivity contribution in [2.45, 2.75) is 39.2 Å². The van der Waals surface area contributed by atoms with Crippen LogP contribution in [0.3, 0.4) is 0 Å². The lowest BCUT2D eigenvalue weighted by atomic mass is 10.1. The molecular formula is C13H20BrNO. The zero-order chi connectivity index (χ0) is 12.0. The zero-order valence-electron chi connectivity index (χ0n) is 10.2. The Morgan fingerprint density at radius 3 is 2.62 bits per heavy atom. The Labute approximate surface area is 107 Å². The maximum atomic E-state index is 5.20. The molecule has 0 spiro atoms. The molecule has 1 atom stereocenters. The molecule has 1 aromatic carbocycles. The van der Waals surface area contributed by atoms with Crippen molar-refractivity contribution in [1.29, 1.82) is 0 Å². The Morgan fingerprint density at radius 2 is 2.12 bits per heavy atom. The van der Waals surface area contributed by atoms with Crippen LogP contribution in [0.1, 0.15) is 33.1 Å². The number of hydrogen-bond donors (Lipinski definition) is 1. The van der Waals surface area contributed by atoms with Crippen LogP contribution in [0.2, 0.25) is 0 Å². The number of anilines is 1. The second kappa shape index (κ2) is 6.79. The van der Waals surface area contributed by atoms with Crippen LogP contribution in [0.15, 0.2) is 22.7 Å². The van der Waals surface area contributed by atoms with Gasteiger partial charge in [-0.05, 0) is 47.0 Å². The summed E-state index contributed by atoms with van der Waals surface area (Å²) in [5, 5.41) is 3.54. The summed E-state index contributed by atoms with van der Waals surface area (Å²) in [4.78, 5) is 0. The molecule has 0 aliphatic carbocycles. The number of benzene rings is 1. The lowest BCUT2D eigenvalue weighted by Crippen LogP contribution is -2.17. The minimum Gasteiger partial charge on any atom is -0.496 e. The average molecular weight is 286 g/mol. The van der Waals surface area contributed by atoms with Gasteiger partial charge < -0.3 is 10.1 Å². The molecule has 0 fully saturated rings. The Bertz CT molecular complexity index is 328. The topological polar surface area (TPSA) is 21.3 Å². The fourth-order valence-electron chi connectivity index (χ4n) is 1.72. The molecule has 0 heterocycles. The summed E-state index contributed by atoms with van der Waals surface area (Å²) in [6, 6.07) is 6.66. The van der Waals surface area contributed by atoms with E-state index >= 15 is 0 Å². The van der Waals surface area contributed by atoms with Crippen LogP contribution in [-0.4, -0.2) is 13.2 Å². The summed E-state index contributed by atoms with van der Waals surface area (Å²) in [6.45, 7) is 4.43. The van der Waals surface area contributed by atoms with Gasteiger partial charge in [0.1, 0.15) is 5.75 Å². The largest absolute Gasteiger partial charge is 0.496 e. The van der Waals surface area contributed by atoms with E-state index in [1.165, 1.54) is 12.8 Å². The van der Waals surface area contributed by atoms with Crippen molar-refractivity contribution in [3.05, 3.63) is 22.7 Å². The van der Waals surface area contributed by atoms with E-state index in [4.69, 9.17) is 4.74 Å². The van der Waals surface area contributed by atoms with Crippen LogP contribution in [0.25, 0.3) is 0 Å². The summed E-state index contributed by atoms with van der Waals surface area (Å²) in [7, 11) is 1.68. The number of hydrogen-bond acceptors (Lipinski definition) is 2. The van der Waals surface area contributed by atoms with Gasteiger partial charge in [0.2, 0.25) is 0 Å². The van der Waals surface area contributed by atoms with Gasteiger partial charge in [-0.3, -0.25) is 0 Å². The van der Waals surface area contributed by atoms with E-state index in [9.17, 15) is 0 Å². The Morgan fingerprint density at radius 1 is 1.38 bits per heavy atom. The highest BCUT2D eigenvalue weighted by Gasteiger charge is 2.06. The highest BCUT2D eigenvalue weighted by molar-refractivity contribution is 9.10. The molecule has 0 aliphatic heterocycles. The highest BCUT2D eigenvalue weighted by atomic mass is 79.9. The number of halogens is 1. The van der Waals surface area contributed by atoms with Gasteiger partial charge in [-0.1, -0.05) is 20.3 Å². The van der Waals surface area contributed by atoms with E-state index < -0.39 is 0 Å². The van der Waals surface area contributed by atoms with Crippen LogP contribution in [0, 0.1) is 0 Å². The Kier molecular flexibility index (Phi) is 5.67. The maximum absolute atomic E-state index is 5.20. The highest BCUT2D eigenvalue weighted by Crippen LogP contribution is 2.28. The number of rotatable bonds is 6. The zero-order valence-corrected chi connectivity index (χ0v) is 11.8. The van der Waals surface area contributed by atoms with Crippen LogP contribution in [-0.2, 0) is 0 Å². The van der Waals surface area contributed by atoms with Gasteiger partial charge >= 0.3 is 0 Å². The third-order valence-corrected chi connectivity index (χ3v) is 3.27. The van der Waals surface area contributed by atoms with Gasteiger partial charge in [-0.25, -0.2) is 0 Å². The van der Waals surface area contributed by atoms with Crippen molar-refractivity contribution in [1.82, 2.24) is 0 Å². The molecule has 0 aliphatic rings. The summed E-state index contributed by atoms with van der Waals surface area (Å²) in [5.41, 5.74) is 1.15. The molecule has 0 radical (unpaired) electrons. The summed E-state index contributed by atoms with van der Waals surface area (Å²) in [5.74, 6) is 0.870. The molecular weight excluding hydrogens is 266 g/mol. The van der Waals surface area contributed by atoms with Crippen molar-refractivity contribution in [2.24, 2.45) is 0 Å². The average Bonchev–Trinajstić information content (AvgIpc) is 2.28. The molecule has 16 heavy (non-hydrogen) atoms. The molecule has 0 bridgehead atoms. The lowest BCUT2D eigenvalue weighted by Gasteiger charge is -2.18. The number of ether oxygens (including phenoxy) is 1. The Hall–Kier alpha value is -0.700. The monoisotopic (exact) mass is 285 g/mol. The van der Waals surface area contributed by atoms with Gasteiger partial charge in [0.15, 0.2) is 0 Å². The minimum absolute atomic E-state index is 0.560. The molecule has 0 amide bonds. The molecule has 1 aromatic rings. The Balaban J connectivity index is 2.69. The maximum Gasteiger partial charge on any atom is 0.133 e. The van der Waals surface area contributed by atoms with Crippen LogP contribution in [0.4, 0.5) is 5.69 Å². The van der Waals surface area contributed by atoms with E-state index in [0.29, 0.717) is 6.04 Å². The van der Waals surface area contributed by atoms with E-state index in [0.717, 1.165) is 22.3 Å². The van der Waals surface area contributed by atoms with Gasteiger partial charge in [0.05, 0.1) is 11.6 Å². The first-order chi connectivity index (χ1) is 7.71. The minimum atomic E-state index is 0.560. The second-order valence-corrected chi connectivity index (χ2v) is 4.74. The quantitative estimate of drug-likeness (QED) is 0.834. The van der Waals surface area contributed by atoms with Crippen molar-refractivity contribution in [3.63, 3.8) is 0 Å². The predicted molar refractivity (Wildman–Crippen MR) is 73.3 cm³/mol. The molecule has 0 aromatic heterocycles. The van der Waals surface area contributed by atoms with Crippen LogP contribution < -0.4 is 10.1 Å². The van der Waals surface area contributed by atoms with E-state index in [2.05, 4.69) is 47.2 Å². The molecule has 90 valence electrons. The second-order valence-electron chi connectivity index (χ2n) is 3.89. The summed E-state index contributed by atoms with van der Waals surface area (Å²) in [6.07, 6.45) is 3.57. The first-order valence-corrected chi connectivity index (χ1v) is 6.60. The predicted octanol–water partition coefficient (Wildman–Crippen LogP) is 4.45.